The van der Waals surface area contributed by atoms with Gasteiger partial charge in [-0.1, -0.05) is 77.3 Å². The molecule has 3 rings (SSSR count). The van der Waals surface area contributed by atoms with E-state index in [1.807, 2.05) is 52.3 Å². The van der Waals surface area contributed by atoms with Crippen LogP contribution in [0.25, 0.3) is 0 Å². The van der Waals surface area contributed by atoms with E-state index in [2.05, 4.69) is 27.7 Å². The molecule has 1 unspecified atom stereocenters. The van der Waals surface area contributed by atoms with Crippen LogP contribution in [0.3, 0.4) is 0 Å². The lowest BCUT2D eigenvalue weighted by molar-refractivity contribution is -0.144. The molecule has 1 aromatic heterocycles. The van der Waals surface area contributed by atoms with Crippen molar-refractivity contribution >= 4 is 11.8 Å². The second kappa shape index (κ2) is 12.2. The van der Waals surface area contributed by atoms with Crippen LogP contribution in [0.5, 0.6) is 0 Å². The highest BCUT2D eigenvalue weighted by Gasteiger charge is 2.30. The van der Waals surface area contributed by atoms with Crippen molar-refractivity contribution in [2.24, 2.45) is 11.3 Å². The molecule has 1 saturated carbocycles. The fourth-order valence-corrected chi connectivity index (χ4v) is 5.22. The van der Waals surface area contributed by atoms with Gasteiger partial charge in [0, 0.05) is 19.0 Å². The number of furan rings is 1. The Bertz CT molecular complexity index is 880. The van der Waals surface area contributed by atoms with Crippen molar-refractivity contribution in [2.75, 3.05) is 6.54 Å². The molecule has 1 aliphatic rings. The molecule has 1 aromatic carbocycles. The highest BCUT2D eigenvalue weighted by molar-refractivity contribution is 5.85. The number of hydrogen-bond donors (Lipinski definition) is 0. The number of hydrogen-bond acceptors (Lipinski definition) is 3. The van der Waals surface area contributed by atoms with Gasteiger partial charge in [-0.2, -0.15) is 0 Å². The Morgan fingerprint density at radius 2 is 1.68 bits per heavy atom. The zero-order chi connectivity index (χ0) is 24.6. The maximum Gasteiger partial charge on any atom is 0.242 e. The summed E-state index contributed by atoms with van der Waals surface area (Å²) in [6.45, 7) is 9.83. The molecule has 1 fully saturated rings. The van der Waals surface area contributed by atoms with Gasteiger partial charge in [0.2, 0.25) is 11.8 Å². The number of nitrogens with zero attached hydrogens (tertiary/aromatic N) is 2. The zero-order valence-corrected chi connectivity index (χ0v) is 21.5. The molecule has 1 heterocycles. The summed E-state index contributed by atoms with van der Waals surface area (Å²) in [4.78, 5) is 30.9. The molecule has 5 nitrogen and oxygen atoms in total. The number of amides is 2. The molecule has 5 heteroatoms. The maximum absolute atomic E-state index is 13.6. The van der Waals surface area contributed by atoms with Gasteiger partial charge in [-0.3, -0.25) is 9.59 Å². The van der Waals surface area contributed by atoms with E-state index < -0.39 is 0 Å². The summed E-state index contributed by atoms with van der Waals surface area (Å²) in [5.41, 5.74) is 1.25. The standard InChI is InChI=1S/C29H42N2O3/c1-23(19-29(2,3)4)18-27(32)31(25-14-9-6-10-15-25)22-28(33)30(21-26-16-11-17-34-26)20-24-12-7-5-8-13-24/h5,7-8,11-13,16-17,23,25H,6,9-10,14-15,18-22H2,1-4H3. The third kappa shape index (κ3) is 8.34. The molecule has 1 atom stereocenters. The van der Waals surface area contributed by atoms with Crippen LogP contribution >= 0.6 is 0 Å². The van der Waals surface area contributed by atoms with Crippen molar-refractivity contribution in [1.82, 2.24) is 9.80 Å². The summed E-state index contributed by atoms with van der Waals surface area (Å²) in [6.07, 6.45) is 8.57. The maximum atomic E-state index is 13.6. The molecule has 1 aliphatic carbocycles. The molecule has 0 radical (unpaired) electrons. The molecule has 0 spiro atoms. The van der Waals surface area contributed by atoms with E-state index in [0.717, 1.165) is 43.4 Å². The van der Waals surface area contributed by atoms with Crippen molar-refractivity contribution in [3.63, 3.8) is 0 Å². The lowest BCUT2D eigenvalue weighted by atomic mass is 9.84. The van der Waals surface area contributed by atoms with Crippen LogP contribution in [0.4, 0.5) is 0 Å². The molecule has 186 valence electrons. The normalized spacial score (nSPS) is 15.6. The Morgan fingerprint density at radius 1 is 0.971 bits per heavy atom. The van der Waals surface area contributed by atoms with Crippen molar-refractivity contribution in [3.05, 3.63) is 60.1 Å². The van der Waals surface area contributed by atoms with Crippen LogP contribution in [0.2, 0.25) is 0 Å². The minimum Gasteiger partial charge on any atom is -0.467 e. The van der Waals surface area contributed by atoms with Crippen LogP contribution < -0.4 is 0 Å². The fourth-order valence-electron chi connectivity index (χ4n) is 5.22. The Labute approximate surface area is 205 Å². The van der Waals surface area contributed by atoms with Gasteiger partial charge in [-0.15, -0.1) is 0 Å². The molecule has 2 aromatic rings. The first-order valence-corrected chi connectivity index (χ1v) is 12.8. The third-order valence-corrected chi connectivity index (χ3v) is 6.62. The molecular weight excluding hydrogens is 424 g/mol. The van der Waals surface area contributed by atoms with Gasteiger partial charge < -0.3 is 14.2 Å². The Kier molecular flexibility index (Phi) is 9.37. The predicted molar refractivity (Wildman–Crippen MR) is 136 cm³/mol. The summed E-state index contributed by atoms with van der Waals surface area (Å²) in [6, 6.07) is 13.9. The van der Waals surface area contributed by atoms with E-state index in [1.54, 1.807) is 6.26 Å². The van der Waals surface area contributed by atoms with Crippen molar-refractivity contribution in [1.29, 1.82) is 0 Å². The molecule has 0 N–H and O–H groups in total. The van der Waals surface area contributed by atoms with Crippen LogP contribution in [0.15, 0.2) is 53.1 Å². The largest absolute Gasteiger partial charge is 0.467 e. The van der Waals surface area contributed by atoms with Gasteiger partial charge in [0.15, 0.2) is 0 Å². The Hall–Kier alpha value is -2.56. The van der Waals surface area contributed by atoms with Crippen molar-refractivity contribution < 1.29 is 14.0 Å². The zero-order valence-electron chi connectivity index (χ0n) is 21.5. The minimum absolute atomic E-state index is 0.0253. The van der Waals surface area contributed by atoms with Crippen LogP contribution in [-0.4, -0.2) is 34.2 Å². The van der Waals surface area contributed by atoms with E-state index in [0.29, 0.717) is 19.5 Å². The molecule has 2 amide bonds. The average Bonchev–Trinajstić information content (AvgIpc) is 3.30. The SMILES string of the molecule is CC(CC(=O)N(CC(=O)N(Cc1ccccc1)Cc1ccco1)C1CCCCC1)CC(C)(C)C. The molecule has 0 saturated heterocycles. The van der Waals surface area contributed by atoms with Gasteiger partial charge in [0.05, 0.1) is 12.8 Å². The first kappa shape index (κ1) is 26.1. The number of benzene rings is 1. The lowest BCUT2D eigenvalue weighted by Crippen LogP contribution is -2.48. The lowest BCUT2D eigenvalue weighted by Gasteiger charge is -2.36. The van der Waals surface area contributed by atoms with Gasteiger partial charge in [0.25, 0.3) is 0 Å². The molecule has 0 aliphatic heterocycles. The van der Waals surface area contributed by atoms with Gasteiger partial charge in [-0.05, 0) is 48.3 Å². The predicted octanol–water partition coefficient (Wildman–Crippen LogP) is 6.43. The summed E-state index contributed by atoms with van der Waals surface area (Å²) in [7, 11) is 0. The highest BCUT2D eigenvalue weighted by atomic mass is 16.3. The van der Waals surface area contributed by atoms with Gasteiger partial charge in [0.1, 0.15) is 12.3 Å². The van der Waals surface area contributed by atoms with Gasteiger partial charge in [-0.25, -0.2) is 0 Å². The third-order valence-electron chi connectivity index (χ3n) is 6.62. The number of carbonyl (C=O) groups excluding carboxylic acids is 2. The molecule has 0 bridgehead atoms. The van der Waals surface area contributed by atoms with Crippen LogP contribution in [0.1, 0.15) is 84.0 Å². The van der Waals surface area contributed by atoms with E-state index in [4.69, 9.17) is 4.42 Å². The Morgan fingerprint density at radius 3 is 2.29 bits per heavy atom. The number of carbonyl (C=O) groups is 2. The number of rotatable bonds is 10. The highest BCUT2D eigenvalue weighted by Crippen LogP contribution is 2.28. The van der Waals surface area contributed by atoms with E-state index in [-0.39, 0.29) is 35.7 Å². The first-order valence-electron chi connectivity index (χ1n) is 12.8. The smallest absolute Gasteiger partial charge is 0.242 e. The van der Waals surface area contributed by atoms with E-state index in [1.165, 1.54) is 6.42 Å². The minimum atomic E-state index is -0.0253. The van der Waals surface area contributed by atoms with Crippen LogP contribution in [0, 0.1) is 11.3 Å². The Balaban J connectivity index is 1.75. The molecular formula is C29H42N2O3. The summed E-state index contributed by atoms with van der Waals surface area (Å²) in [5.74, 6) is 1.13. The van der Waals surface area contributed by atoms with Crippen molar-refractivity contribution in [2.45, 2.75) is 91.8 Å². The quantitative estimate of drug-likeness (QED) is 0.405. The monoisotopic (exact) mass is 466 g/mol. The summed E-state index contributed by atoms with van der Waals surface area (Å²) in [5, 5.41) is 0. The van der Waals surface area contributed by atoms with E-state index >= 15 is 0 Å². The van der Waals surface area contributed by atoms with E-state index in [9.17, 15) is 9.59 Å². The first-order chi connectivity index (χ1) is 16.2. The average molecular weight is 467 g/mol. The van der Waals surface area contributed by atoms with Crippen molar-refractivity contribution in [3.8, 4) is 0 Å². The van der Waals surface area contributed by atoms with Gasteiger partial charge >= 0.3 is 0 Å². The topological polar surface area (TPSA) is 53.8 Å². The van der Waals surface area contributed by atoms with Crippen LogP contribution in [-0.2, 0) is 22.7 Å². The molecule has 34 heavy (non-hydrogen) atoms. The fraction of sp³-hybridized carbons (Fsp3) is 0.586. The summed E-state index contributed by atoms with van der Waals surface area (Å²) < 4.78 is 5.55. The summed E-state index contributed by atoms with van der Waals surface area (Å²) >= 11 is 0. The second-order valence-electron chi connectivity index (χ2n) is 11.2. The second-order valence-corrected chi connectivity index (χ2v) is 11.2.